The van der Waals surface area contributed by atoms with Crippen LogP contribution >= 0.6 is 11.8 Å². The van der Waals surface area contributed by atoms with Crippen molar-refractivity contribution in [2.24, 2.45) is 17.6 Å². The van der Waals surface area contributed by atoms with Gasteiger partial charge in [0, 0.05) is 41.7 Å². The molecular formula is C23H31N3O4S. The molecule has 0 aromatic heterocycles. The van der Waals surface area contributed by atoms with Crippen molar-refractivity contribution in [1.29, 1.82) is 0 Å². The summed E-state index contributed by atoms with van der Waals surface area (Å²) in [5.41, 5.74) is 8.63. The Hall–Kier alpha value is -1.87. The third-order valence-electron chi connectivity index (χ3n) is 6.87. The smallest absolute Gasteiger partial charge is 0.353 e. The molecule has 168 valence electrons. The molecule has 3 heterocycles. The highest BCUT2D eigenvalue weighted by Crippen LogP contribution is 2.52. The number of hydrogen-bond donors (Lipinski definition) is 3. The van der Waals surface area contributed by atoms with E-state index in [0.29, 0.717) is 6.54 Å². The van der Waals surface area contributed by atoms with Crippen LogP contribution in [0.5, 0.6) is 0 Å². The van der Waals surface area contributed by atoms with Gasteiger partial charge in [-0.05, 0) is 25.8 Å². The Morgan fingerprint density at radius 2 is 2.00 bits per heavy atom. The topological polar surface area (TPSA) is 107 Å². The lowest BCUT2D eigenvalue weighted by Crippen LogP contribution is -2.63. The van der Waals surface area contributed by atoms with Gasteiger partial charge in [-0.3, -0.25) is 9.69 Å². The summed E-state index contributed by atoms with van der Waals surface area (Å²) in [6, 6.07) is 8.48. The molecule has 0 aliphatic carbocycles. The van der Waals surface area contributed by atoms with Crippen LogP contribution in [-0.2, 0) is 16.1 Å². The molecule has 6 unspecified atom stereocenters. The summed E-state index contributed by atoms with van der Waals surface area (Å²) in [4.78, 5) is 29.1. The lowest BCUT2D eigenvalue weighted by molar-refractivity contribution is -0.163. The van der Waals surface area contributed by atoms with E-state index in [0.717, 1.165) is 24.4 Å². The van der Waals surface area contributed by atoms with Crippen LogP contribution in [0.1, 0.15) is 31.4 Å². The number of aryl methyl sites for hydroxylation is 1. The molecule has 0 spiro atoms. The van der Waals surface area contributed by atoms with E-state index in [1.54, 1.807) is 18.7 Å². The molecule has 1 aromatic rings. The van der Waals surface area contributed by atoms with E-state index >= 15 is 0 Å². The van der Waals surface area contributed by atoms with Crippen LogP contribution in [0.2, 0.25) is 0 Å². The van der Waals surface area contributed by atoms with Crippen LogP contribution in [0.25, 0.3) is 0 Å². The van der Waals surface area contributed by atoms with E-state index < -0.39 is 18.0 Å². The Labute approximate surface area is 187 Å². The zero-order valence-corrected chi connectivity index (χ0v) is 19.0. The molecule has 4 N–H and O–H groups in total. The molecule has 2 saturated heterocycles. The highest BCUT2D eigenvalue weighted by molar-refractivity contribution is 8.03. The number of likely N-dealkylation sites (tertiary alicyclic amines) is 1. The molecule has 31 heavy (non-hydrogen) atoms. The number of amides is 1. The predicted octanol–water partition coefficient (Wildman–Crippen LogP) is 1.78. The number of hydrogen-bond acceptors (Lipinski definition) is 6. The van der Waals surface area contributed by atoms with Crippen molar-refractivity contribution in [3.05, 3.63) is 46.0 Å². The SMILES string of the molecule is Cc1ccc(CN2CC(SC3=C(C(=O)O)N4C(=O)C(C(C)O)C4C3C)CC2CN)cc1. The number of nitrogens with zero attached hydrogens (tertiary/aromatic N) is 2. The Kier molecular flexibility index (Phi) is 6.18. The highest BCUT2D eigenvalue weighted by atomic mass is 32.2. The summed E-state index contributed by atoms with van der Waals surface area (Å²) in [7, 11) is 0. The number of carboxylic acids is 1. The third kappa shape index (κ3) is 3.91. The van der Waals surface area contributed by atoms with Crippen LogP contribution < -0.4 is 5.73 Å². The van der Waals surface area contributed by atoms with Crippen LogP contribution in [0.15, 0.2) is 34.9 Å². The number of aliphatic hydroxyl groups excluding tert-OH is 1. The van der Waals surface area contributed by atoms with E-state index in [-0.39, 0.29) is 34.9 Å². The number of aliphatic carboxylic acids is 1. The van der Waals surface area contributed by atoms with Gasteiger partial charge in [0.05, 0.1) is 18.1 Å². The minimum absolute atomic E-state index is 0.101. The Morgan fingerprint density at radius 3 is 2.58 bits per heavy atom. The molecule has 0 saturated carbocycles. The number of carboxylic acid groups (broad SMARTS) is 1. The molecular weight excluding hydrogens is 414 g/mol. The van der Waals surface area contributed by atoms with Crippen molar-refractivity contribution in [1.82, 2.24) is 9.80 Å². The van der Waals surface area contributed by atoms with Gasteiger partial charge in [0.15, 0.2) is 0 Å². The summed E-state index contributed by atoms with van der Waals surface area (Å²) in [6.45, 7) is 7.84. The fraction of sp³-hybridized carbons (Fsp3) is 0.565. The molecule has 1 aromatic carbocycles. The number of benzene rings is 1. The lowest BCUT2D eigenvalue weighted by atomic mass is 9.79. The molecule has 7 nitrogen and oxygen atoms in total. The standard InChI is InChI=1S/C23H31N3O4S/c1-12-4-6-15(7-5-12)10-25-11-17(8-16(25)9-24)31-21-13(2)19-18(14(3)27)22(28)26(19)20(21)23(29)30/h4-7,13-14,16-19,27H,8-11,24H2,1-3H3,(H,29,30). The number of carbonyl (C=O) groups is 2. The molecule has 3 aliphatic heterocycles. The van der Waals surface area contributed by atoms with Crippen LogP contribution in [-0.4, -0.2) is 68.4 Å². The Bertz CT molecular complexity index is 901. The maximum absolute atomic E-state index is 12.5. The Morgan fingerprint density at radius 1 is 1.32 bits per heavy atom. The number of rotatable bonds is 7. The van der Waals surface area contributed by atoms with Gasteiger partial charge in [-0.1, -0.05) is 36.8 Å². The summed E-state index contributed by atoms with van der Waals surface area (Å²) in [5.74, 6) is -1.98. The predicted molar refractivity (Wildman–Crippen MR) is 120 cm³/mol. The van der Waals surface area contributed by atoms with Crippen molar-refractivity contribution >= 4 is 23.6 Å². The molecule has 1 amide bonds. The number of carbonyl (C=O) groups excluding carboxylic acids is 1. The fourth-order valence-corrected chi connectivity index (χ4v) is 6.84. The molecule has 2 fully saturated rings. The fourth-order valence-electron chi connectivity index (χ4n) is 5.25. The molecule has 4 rings (SSSR count). The van der Waals surface area contributed by atoms with Crippen LogP contribution in [0.3, 0.4) is 0 Å². The zero-order valence-electron chi connectivity index (χ0n) is 18.2. The lowest BCUT2D eigenvalue weighted by Gasteiger charge is -2.46. The first-order chi connectivity index (χ1) is 14.7. The number of fused-ring (bicyclic) bond motifs is 1. The summed E-state index contributed by atoms with van der Waals surface area (Å²) >= 11 is 1.58. The summed E-state index contributed by atoms with van der Waals surface area (Å²) in [5, 5.41) is 20.1. The van der Waals surface area contributed by atoms with Crippen molar-refractivity contribution in [3.8, 4) is 0 Å². The quantitative estimate of drug-likeness (QED) is 0.549. The monoisotopic (exact) mass is 445 g/mol. The second-order valence-corrected chi connectivity index (χ2v) is 10.4. The van der Waals surface area contributed by atoms with E-state index in [1.165, 1.54) is 16.0 Å². The number of nitrogens with two attached hydrogens (primary N) is 1. The first-order valence-electron chi connectivity index (χ1n) is 10.9. The van der Waals surface area contributed by atoms with Gasteiger partial charge >= 0.3 is 5.97 Å². The second kappa shape index (κ2) is 8.58. The van der Waals surface area contributed by atoms with Gasteiger partial charge in [0.25, 0.3) is 0 Å². The Balaban J connectivity index is 1.51. The second-order valence-electron chi connectivity index (χ2n) is 9.05. The van der Waals surface area contributed by atoms with Crippen molar-refractivity contribution < 1.29 is 19.8 Å². The van der Waals surface area contributed by atoms with Gasteiger partial charge in [0.1, 0.15) is 5.70 Å². The number of β-lactam (4-membered cyclic amide) rings is 1. The van der Waals surface area contributed by atoms with E-state index in [4.69, 9.17) is 5.73 Å². The van der Waals surface area contributed by atoms with Gasteiger partial charge < -0.3 is 20.8 Å². The summed E-state index contributed by atoms with van der Waals surface area (Å²) < 4.78 is 0. The molecule has 8 heteroatoms. The zero-order chi connectivity index (χ0) is 22.4. The van der Waals surface area contributed by atoms with E-state index in [1.807, 2.05) is 6.92 Å². The molecule has 6 atom stereocenters. The van der Waals surface area contributed by atoms with Gasteiger partial charge in [-0.25, -0.2) is 4.79 Å². The maximum atomic E-state index is 12.5. The minimum Gasteiger partial charge on any atom is -0.477 e. The maximum Gasteiger partial charge on any atom is 0.353 e. The highest BCUT2D eigenvalue weighted by Gasteiger charge is 2.60. The molecule has 0 radical (unpaired) electrons. The van der Waals surface area contributed by atoms with Crippen molar-refractivity contribution in [2.45, 2.75) is 57.2 Å². The summed E-state index contributed by atoms with van der Waals surface area (Å²) in [6.07, 6.45) is 0.0999. The average Bonchev–Trinajstić information content (AvgIpc) is 3.20. The molecule has 3 aliphatic rings. The van der Waals surface area contributed by atoms with Gasteiger partial charge in [0.2, 0.25) is 5.91 Å². The first-order valence-corrected chi connectivity index (χ1v) is 11.8. The minimum atomic E-state index is -1.07. The van der Waals surface area contributed by atoms with Gasteiger partial charge in [-0.15, -0.1) is 11.8 Å². The van der Waals surface area contributed by atoms with E-state index in [9.17, 15) is 19.8 Å². The first kappa shape index (κ1) is 22.3. The van der Waals surface area contributed by atoms with Crippen LogP contribution in [0.4, 0.5) is 0 Å². The average molecular weight is 446 g/mol. The van der Waals surface area contributed by atoms with Crippen LogP contribution in [0, 0.1) is 18.8 Å². The van der Waals surface area contributed by atoms with Gasteiger partial charge in [-0.2, -0.15) is 0 Å². The van der Waals surface area contributed by atoms with Crippen molar-refractivity contribution in [3.63, 3.8) is 0 Å². The number of aliphatic hydroxyl groups is 1. The van der Waals surface area contributed by atoms with E-state index in [2.05, 4.69) is 36.1 Å². The third-order valence-corrected chi connectivity index (χ3v) is 8.37. The number of thioether (sulfide) groups is 1. The van der Waals surface area contributed by atoms with Crippen molar-refractivity contribution in [2.75, 3.05) is 13.1 Å². The largest absolute Gasteiger partial charge is 0.477 e. The normalized spacial score (nSPS) is 31.7. The molecule has 0 bridgehead atoms.